The molecule has 0 radical (unpaired) electrons. The number of fused-ring (bicyclic) bond motifs is 1. The van der Waals surface area contributed by atoms with Crippen molar-refractivity contribution in [3.63, 3.8) is 0 Å². The van der Waals surface area contributed by atoms with Gasteiger partial charge in [-0.3, -0.25) is 4.79 Å². The van der Waals surface area contributed by atoms with Crippen molar-refractivity contribution in [2.24, 2.45) is 5.41 Å². The molecule has 1 unspecified atom stereocenters. The molecule has 0 amide bonds. The summed E-state index contributed by atoms with van der Waals surface area (Å²) < 4.78 is 11.6. The monoisotopic (exact) mass is 294 g/mol. The van der Waals surface area contributed by atoms with Crippen molar-refractivity contribution < 1.29 is 19.4 Å². The normalized spacial score (nSPS) is 22.3. The van der Waals surface area contributed by atoms with Crippen LogP contribution in [0.15, 0.2) is 24.3 Å². The molecule has 1 aromatic carbocycles. The molecule has 1 aliphatic carbocycles. The van der Waals surface area contributed by atoms with E-state index in [1.54, 1.807) is 11.8 Å². The molecule has 2 aliphatic rings. The SMILES string of the molecule is O=C(O)CC1(CSCC2COc3ccccc3O2)CC1. The largest absolute Gasteiger partial charge is 0.486 e. The Morgan fingerprint density at radius 1 is 1.35 bits per heavy atom. The number of hydrogen-bond donors (Lipinski definition) is 1. The van der Waals surface area contributed by atoms with Crippen LogP contribution in [0, 0.1) is 5.41 Å². The maximum Gasteiger partial charge on any atom is 0.303 e. The number of rotatable bonds is 6. The lowest BCUT2D eigenvalue weighted by molar-refractivity contribution is -0.138. The summed E-state index contributed by atoms with van der Waals surface area (Å²) in [4.78, 5) is 10.8. The number of carbonyl (C=O) groups is 1. The lowest BCUT2D eigenvalue weighted by Crippen LogP contribution is -2.31. The molecule has 0 spiro atoms. The smallest absolute Gasteiger partial charge is 0.303 e. The zero-order valence-corrected chi connectivity index (χ0v) is 12.0. The molecule has 1 aromatic rings. The predicted octanol–water partition coefficient (Wildman–Crippen LogP) is 2.81. The molecule has 1 fully saturated rings. The van der Waals surface area contributed by atoms with Gasteiger partial charge in [0.25, 0.3) is 0 Å². The molecule has 4 nitrogen and oxygen atoms in total. The zero-order chi connectivity index (χ0) is 14.0. The average molecular weight is 294 g/mol. The van der Waals surface area contributed by atoms with Crippen molar-refractivity contribution in [1.29, 1.82) is 0 Å². The van der Waals surface area contributed by atoms with Gasteiger partial charge in [-0.1, -0.05) is 12.1 Å². The molecule has 20 heavy (non-hydrogen) atoms. The van der Waals surface area contributed by atoms with Gasteiger partial charge in [0.1, 0.15) is 12.7 Å². The van der Waals surface area contributed by atoms with E-state index in [0.29, 0.717) is 13.0 Å². The Hall–Kier alpha value is -1.36. The molecule has 3 rings (SSSR count). The molecule has 0 saturated heterocycles. The van der Waals surface area contributed by atoms with Crippen LogP contribution >= 0.6 is 11.8 Å². The van der Waals surface area contributed by atoms with Crippen LogP contribution in [0.2, 0.25) is 0 Å². The number of hydrogen-bond acceptors (Lipinski definition) is 4. The number of benzene rings is 1. The highest BCUT2D eigenvalue weighted by atomic mass is 32.2. The van der Waals surface area contributed by atoms with Gasteiger partial charge < -0.3 is 14.6 Å². The summed E-state index contributed by atoms with van der Waals surface area (Å²) in [5.41, 5.74) is 0.0456. The first-order chi connectivity index (χ1) is 9.67. The highest BCUT2D eigenvalue weighted by Gasteiger charge is 2.44. The highest BCUT2D eigenvalue weighted by Crippen LogP contribution is 2.51. The van der Waals surface area contributed by atoms with E-state index < -0.39 is 5.97 Å². The summed E-state index contributed by atoms with van der Waals surface area (Å²) in [6.45, 7) is 0.565. The van der Waals surface area contributed by atoms with Crippen LogP contribution in [-0.2, 0) is 4.79 Å². The molecule has 0 aromatic heterocycles. The molecule has 5 heteroatoms. The van der Waals surface area contributed by atoms with E-state index in [-0.39, 0.29) is 11.5 Å². The van der Waals surface area contributed by atoms with Crippen LogP contribution in [-0.4, -0.2) is 35.3 Å². The Morgan fingerprint density at radius 3 is 2.80 bits per heavy atom. The lowest BCUT2D eigenvalue weighted by atomic mass is 10.1. The second kappa shape index (κ2) is 5.56. The predicted molar refractivity (Wildman–Crippen MR) is 77.6 cm³/mol. The fraction of sp³-hybridized carbons (Fsp3) is 0.533. The molecule has 1 N–H and O–H groups in total. The van der Waals surface area contributed by atoms with Crippen LogP contribution in [0.25, 0.3) is 0 Å². The summed E-state index contributed by atoms with van der Waals surface area (Å²) in [7, 11) is 0. The second-order valence-electron chi connectivity index (χ2n) is 5.58. The van der Waals surface area contributed by atoms with Crippen molar-refractivity contribution >= 4 is 17.7 Å². The fourth-order valence-corrected chi connectivity index (χ4v) is 3.79. The van der Waals surface area contributed by atoms with E-state index in [1.165, 1.54) is 0 Å². The van der Waals surface area contributed by atoms with Crippen LogP contribution in [0.1, 0.15) is 19.3 Å². The highest BCUT2D eigenvalue weighted by molar-refractivity contribution is 7.99. The molecule has 1 saturated carbocycles. The maximum absolute atomic E-state index is 10.8. The molecular weight excluding hydrogens is 276 g/mol. The Kier molecular flexibility index (Phi) is 3.78. The first-order valence-electron chi connectivity index (χ1n) is 6.85. The van der Waals surface area contributed by atoms with Crippen LogP contribution in [0.5, 0.6) is 11.5 Å². The van der Waals surface area contributed by atoms with Crippen LogP contribution < -0.4 is 9.47 Å². The summed E-state index contributed by atoms with van der Waals surface area (Å²) in [5.74, 6) is 2.67. The number of para-hydroxylation sites is 2. The quantitative estimate of drug-likeness (QED) is 0.874. The topological polar surface area (TPSA) is 55.8 Å². The van der Waals surface area contributed by atoms with Crippen LogP contribution in [0.4, 0.5) is 0 Å². The average Bonchev–Trinajstić information content (AvgIpc) is 3.17. The third kappa shape index (κ3) is 3.20. The summed E-state index contributed by atoms with van der Waals surface area (Å²) >= 11 is 1.78. The van der Waals surface area contributed by atoms with E-state index in [1.807, 2.05) is 24.3 Å². The first-order valence-corrected chi connectivity index (χ1v) is 8.00. The fourth-order valence-electron chi connectivity index (χ4n) is 2.42. The number of carboxylic acids is 1. The van der Waals surface area contributed by atoms with E-state index >= 15 is 0 Å². The summed E-state index contributed by atoms with van der Waals surface area (Å²) in [6.07, 6.45) is 2.43. The van der Waals surface area contributed by atoms with Gasteiger partial charge in [0, 0.05) is 5.75 Å². The van der Waals surface area contributed by atoms with Gasteiger partial charge in [-0.25, -0.2) is 0 Å². The van der Waals surface area contributed by atoms with Crippen molar-refractivity contribution in [3.8, 4) is 11.5 Å². The molecule has 1 atom stereocenters. The second-order valence-corrected chi connectivity index (χ2v) is 6.61. The molecular formula is C15H18O4S. The van der Waals surface area contributed by atoms with Crippen LogP contribution in [0.3, 0.4) is 0 Å². The van der Waals surface area contributed by atoms with Gasteiger partial charge in [-0.15, -0.1) is 0 Å². The van der Waals surface area contributed by atoms with Crippen molar-refractivity contribution in [2.75, 3.05) is 18.1 Å². The van der Waals surface area contributed by atoms with Gasteiger partial charge in [0.05, 0.1) is 6.42 Å². The summed E-state index contributed by atoms with van der Waals surface area (Å²) in [5, 5.41) is 8.89. The Bertz CT molecular complexity index is 498. The minimum atomic E-state index is -0.686. The molecule has 1 heterocycles. The third-order valence-corrected chi connectivity index (χ3v) is 5.19. The maximum atomic E-state index is 10.8. The standard InChI is InChI=1S/C15H18O4S/c16-14(17)7-15(5-6-15)10-20-9-11-8-18-12-3-1-2-4-13(12)19-11/h1-4,11H,5-10H2,(H,16,17). The third-order valence-electron chi connectivity index (χ3n) is 3.76. The number of ether oxygens (including phenoxy) is 2. The van der Waals surface area contributed by atoms with E-state index in [0.717, 1.165) is 35.8 Å². The Balaban J connectivity index is 1.45. The van der Waals surface area contributed by atoms with E-state index in [2.05, 4.69) is 0 Å². The molecule has 108 valence electrons. The summed E-state index contributed by atoms with van der Waals surface area (Å²) in [6, 6.07) is 7.69. The number of carboxylic acid groups (broad SMARTS) is 1. The number of aliphatic carboxylic acids is 1. The van der Waals surface area contributed by atoms with E-state index in [9.17, 15) is 4.79 Å². The number of thioether (sulfide) groups is 1. The van der Waals surface area contributed by atoms with Crippen molar-refractivity contribution in [2.45, 2.75) is 25.4 Å². The first kappa shape index (κ1) is 13.6. The van der Waals surface area contributed by atoms with Gasteiger partial charge in [-0.2, -0.15) is 11.8 Å². The zero-order valence-electron chi connectivity index (χ0n) is 11.2. The minimum absolute atomic E-state index is 0.0456. The van der Waals surface area contributed by atoms with Crippen molar-refractivity contribution in [1.82, 2.24) is 0 Å². The Morgan fingerprint density at radius 2 is 2.10 bits per heavy atom. The van der Waals surface area contributed by atoms with Crippen molar-refractivity contribution in [3.05, 3.63) is 24.3 Å². The molecule has 1 aliphatic heterocycles. The van der Waals surface area contributed by atoms with E-state index in [4.69, 9.17) is 14.6 Å². The Labute approximate surface area is 122 Å². The minimum Gasteiger partial charge on any atom is -0.486 e. The van der Waals surface area contributed by atoms with Gasteiger partial charge in [0.2, 0.25) is 0 Å². The molecule has 0 bridgehead atoms. The van der Waals surface area contributed by atoms with Gasteiger partial charge in [0.15, 0.2) is 11.5 Å². The van der Waals surface area contributed by atoms with Gasteiger partial charge >= 0.3 is 5.97 Å². The lowest BCUT2D eigenvalue weighted by Gasteiger charge is -2.26. The van der Waals surface area contributed by atoms with Gasteiger partial charge in [-0.05, 0) is 36.1 Å².